The number of hydrogen-bond donors (Lipinski definition) is 1. The lowest BCUT2D eigenvalue weighted by Gasteiger charge is -2.25. The van der Waals surface area contributed by atoms with Gasteiger partial charge in [-0.1, -0.05) is 0 Å². The lowest BCUT2D eigenvalue weighted by Crippen LogP contribution is -2.48. The number of imide groups is 1. The molecular formula is C11H17NO4S. The highest BCUT2D eigenvalue weighted by atomic mass is 32.2. The summed E-state index contributed by atoms with van der Waals surface area (Å²) < 4.78 is 0. The van der Waals surface area contributed by atoms with Crippen molar-refractivity contribution in [3.63, 3.8) is 0 Å². The number of aliphatic carboxylic acids is 1. The number of nitrogens with zero attached hydrogens (tertiary/aromatic N) is 1. The third-order valence-corrected chi connectivity index (χ3v) is 3.40. The van der Waals surface area contributed by atoms with Crippen molar-refractivity contribution in [1.29, 1.82) is 0 Å². The van der Waals surface area contributed by atoms with Crippen LogP contribution in [0, 0.1) is 0 Å². The number of likely N-dealkylation sites (tertiary alicyclic amines) is 1. The van der Waals surface area contributed by atoms with E-state index in [0.29, 0.717) is 25.0 Å². The number of carboxylic acid groups (broad SMARTS) is 1. The van der Waals surface area contributed by atoms with Crippen molar-refractivity contribution >= 4 is 29.5 Å². The molecule has 1 fully saturated rings. The number of carbonyl (C=O) groups is 3. The summed E-state index contributed by atoms with van der Waals surface area (Å²) in [5, 5.41) is 9.12. The molecule has 1 rings (SSSR count). The lowest BCUT2D eigenvalue weighted by molar-refractivity contribution is -0.157. The summed E-state index contributed by atoms with van der Waals surface area (Å²) in [5.41, 5.74) is 0. The van der Waals surface area contributed by atoms with Crippen LogP contribution in [0.3, 0.4) is 0 Å². The maximum Gasteiger partial charge on any atom is 0.326 e. The summed E-state index contributed by atoms with van der Waals surface area (Å²) in [5.74, 6) is -1.17. The Morgan fingerprint density at radius 3 is 2.29 bits per heavy atom. The molecule has 96 valence electrons. The molecule has 17 heavy (non-hydrogen) atoms. The van der Waals surface area contributed by atoms with Gasteiger partial charge in [0.25, 0.3) is 0 Å². The van der Waals surface area contributed by atoms with E-state index in [1.807, 2.05) is 6.26 Å². The molecule has 0 aliphatic carbocycles. The van der Waals surface area contributed by atoms with Gasteiger partial charge in [0.05, 0.1) is 0 Å². The van der Waals surface area contributed by atoms with E-state index in [4.69, 9.17) is 5.11 Å². The number of thioether (sulfide) groups is 1. The molecule has 0 aromatic rings. The van der Waals surface area contributed by atoms with Crippen molar-refractivity contribution in [3.05, 3.63) is 0 Å². The van der Waals surface area contributed by atoms with Gasteiger partial charge in [-0.3, -0.25) is 14.5 Å². The maximum atomic E-state index is 11.8. The summed E-state index contributed by atoms with van der Waals surface area (Å²) >= 11 is 1.51. The molecule has 5 nitrogen and oxygen atoms in total. The monoisotopic (exact) mass is 259 g/mol. The molecule has 1 N–H and O–H groups in total. The number of hydrogen-bond acceptors (Lipinski definition) is 4. The first-order chi connectivity index (χ1) is 8.07. The first kappa shape index (κ1) is 14.0. The quantitative estimate of drug-likeness (QED) is 0.749. The lowest BCUT2D eigenvalue weighted by atomic mass is 10.1. The van der Waals surface area contributed by atoms with Crippen LogP contribution in [0.5, 0.6) is 0 Å². The molecule has 1 atom stereocenters. The van der Waals surface area contributed by atoms with Gasteiger partial charge in [-0.25, -0.2) is 4.79 Å². The molecule has 2 amide bonds. The van der Waals surface area contributed by atoms with Crippen LogP contribution in [0.25, 0.3) is 0 Å². The van der Waals surface area contributed by atoms with Gasteiger partial charge in [-0.15, -0.1) is 0 Å². The first-order valence-electron chi connectivity index (χ1n) is 5.64. The third-order valence-electron chi connectivity index (χ3n) is 2.76. The van der Waals surface area contributed by atoms with Crippen molar-refractivity contribution in [3.8, 4) is 0 Å². The Morgan fingerprint density at radius 1 is 1.35 bits per heavy atom. The van der Waals surface area contributed by atoms with Gasteiger partial charge in [0.2, 0.25) is 11.8 Å². The van der Waals surface area contributed by atoms with E-state index in [1.165, 1.54) is 11.8 Å². The molecule has 1 aliphatic heterocycles. The highest BCUT2D eigenvalue weighted by molar-refractivity contribution is 7.98. The van der Waals surface area contributed by atoms with E-state index in [9.17, 15) is 14.4 Å². The van der Waals surface area contributed by atoms with Crippen LogP contribution in [0.2, 0.25) is 0 Å². The Bertz CT molecular complexity index is 301. The van der Waals surface area contributed by atoms with Crippen molar-refractivity contribution in [2.45, 2.75) is 38.1 Å². The highest BCUT2D eigenvalue weighted by Gasteiger charge is 2.34. The van der Waals surface area contributed by atoms with Gasteiger partial charge in [-0.05, 0) is 31.3 Å². The van der Waals surface area contributed by atoms with Crippen molar-refractivity contribution in [1.82, 2.24) is 4.90 Å². The molecular weight excluding hydrogens is 242 g/mol. The smallest absolute Gasteiger partial charge is 0.326 e. The Hall–Kier alpha value is -1.04. The fraction of sp³-hybridized carbons (Fsp3) is 0.727. The summed E-state index contributed by atoms with van der Waals surface area (Å²) in [6.45, 7) is 0. The zero-order chi connectivity index (χ0) is 12.8. The number of amides is 2. The van der Waals surface area contributed by atoms with Crippen LogP contribution in [0.15, 0.2) is 0 Å². The molecule has 6 heteroatoms. The molecule has 1 unspecified atom stereocenters. The Balaban J connectivity index is 2.84. The van der Waals surface area contributed by atoms with Gasteiger partial charge in [0.15, 0.2) is 0 Å². The molecule has 0 aromatic heterocycles. The van der Waals surface area contributed by atoms with E-state index >= 15 is 0 Å². The van der Waals surface area contributed by atoms with Crippen molar-refractivity contribution < 1.29 is 19.5 Å². The van der Waals surface area contributed by atoms with Gasteiger partial charge in [0.1, 0.15) is 6.04 Å². The Labute approximate surface area is 105 Å². The minimum Gasteiger partial charge on any atom is -0.480 e. The predicted octanol–water partition coefficient (Wildman–Crippen LogP) is 1.12. The van der Waals surface area contributed by atoms with Gasteiger partial charge in [0, 0.05) is 12.8 Å². The van der Waals surface area contributed by atoms with E-state index in [0.717, 1.165) is 4.90 Å². The zero-order valence-electron chi connectivity index (χ0n) is 9.85. The fourth-order valence-electron chi connectivity index (χ4n) is 1.87. The zero-order valence-corrected chi connectivity index (χ0v) is 10.7. The molecule has 1 heterocycles. The van der Waals surface area contributed by atoms with Gasteiger partial charge < -0.3 is 5.11 Å². The maximum absolute atomic E-state index is 11.8. The largest absolute Gasteiger partial charge is 0.480 e. The predicted molar refractivity (Wildman–Crippen MR) is 64.7 cm³/mol. The summed E-state index contributed by atoms with van der Waals surface area (Å²) in [7, 11) is 0. The molecule has 1 saturated heterocycles. The summed E-state index contributed by atoms with van der Waals surface area (Å²) in [6, 6.07) is -0.999. The molecule has 1 aliphatic rings. The third kappa shape index (κ3) is 3.73. The average Bonchev–Trinajstić information content (AvgIpc) is 2.43. The van der Waals surface area contributed by atoms with Crippen molar-refractivity contribution in [2.24, 2.45) is 0 Å². The molecule has 0 radical (unpaired) electrons. The minimum atomic E-state index is -1.09. The van der Waals surface area contributed by atoms with Crippen LogP contribution < -0.4 is 0 Å². The van der Waals surface area contributed by atoms with E-state index in [2.05, 4.69) is 0 Å². The number of rotatable bonds is 5. The van der Waals surface area contributed by atoms with E-state index in [1.54, 1.807) is 0 Å². The normalized spacial score (nSPS) is 19.0. The van der Waals surface area contributed by atoms with E-state index < -0.39 is 12.0 Å². The first-order valence-corrected chi connectivity index (χ1v) is 7.04. The Morgan fingerprint density at radius 2 is 1.88 bits per heavy atom. The van der Waals surface area contributed by atoms with E-state index in [-0.39, 0.29) is 24.7 Å². The second-order valence-corrected chi connectivity index (χ2v) is 4.99. The van der Waals surface area contributed by atoms with Crippen LogP contribution in [-0.4, -0.2) is 45.8 Å². The fourth-order valence-corrected chi connectivity index (χ4v) is 2.33. The minimum absolute atomic E-state index is 0.273. The average molecular weight is 259 g/mol. The number of carbonyl (C=O) groups excluding carboxylic acids is 2. The molecule has 0 spiro atoms. The van der Waals surface area contributed by atoms with Crippen molar-refractivity contribution in [2.75, 3.05) is 12.0 Å². The SMILES string of the molecule is CSCCC(C(=O)O)N1C(=O)CCCCC1=O. The second kappa shape index (κ2) is 6.64. The van der Waals surface area contributed by atoms with Crippen LogP contribution in [0.4, 0.5) is 0 Å². The molecule has 0 bridgehead atoms. The van der Waals surface area contributed by atoms with Crippen LogP contribution in [-0.2, 0) is 14.4 Å². The van der Waals surface area contributed by atoms with Crippen LogP contribution in [0.1, 0.15) is 32.1 Å². The van der Waals surface area contributed by atoms with Gasteiger partial charge >= 0.3 is 5.97 Å². The second-order valence-electron chi connectivity index (χ2n) is 4.00. The standard InChI is InChI=1S/C11H17NO4S/c1-17-7-6-8(11(15)16)12-9(13)4-2-3-5-10(12)14/h8H,2-7H2,1H3,(H,15,16). The molecule has 0 saturated carbocycles. The van der Waals surface area contributed by atoms with Gasteiger partial charge in [-0.2, -0.15) is 11.8 Å². The number of carboxylic acids is 1. The highest BCUT2D eigenvalue weighted by Crippen LogP contribution is 2.18. The Kier molecular flexibility index (Phi) is 5.47. The van der Waals surface area contributed by atoms with Crippen LogP contribution >= 0.6 is 11.8 Å². The molecule has 0 aromatic carbocycles. The summed E-state index contributed by atoms with van der Waals surface area (Å²) in [6.07, 6.45) is 4.05. The summed E-state index contributed by atoms with van der Waals surface area (Å²) in [4.78, 5) is 35.7. The topological polar surface area (TPSA) is 74.7 Å².